The number of amides is 1. The van der Waals surface area contributed by atoms with Gasteiger partial charge in [0.2, 0.25) is 12.7 Å². The molecule has 0 bridgehead atoms. The van der Waals surface area contributed by atoms with Gasteiger partial charge in [-0.2, -0.15) is 0 Å². The third kappa shape index (κ3) is 3.32. The van der Waals surface area contributed by atoms with Crippen LogP contribution in [0.3, 0.4) is 0 Å². The van der Waals surface area contributed by atoms with Gasteiger partial charge in [0.1, 0.15) is 6.17 Å². The minimum atomic E-state index is -0.123. The maximum atomic E-state index is 12.0. The van der Waals surface area contributed by atoms with E-state index in [1.165, 1.54) is 0 Å². The predicted molar refractivity (Wildman–Crippen MR) is 81.5 cm³/mol. The van der Waals surface area contributed by atoms with Crippen molar-refractivity contribution in [2.24, 2.45) is 0 Å². The topological polar surface area (TPSA) is 83.7 Å². The average molecular weight is 306 g/mol. The number of rotatable bonds is 6. The van der Waals surface area contributed by atoms with Gasteiger partial charge >= 0.3 is 0 Å². The molecule has 2 unspecified atom stereocenters. The van der Waals surface area contributed by atoms with Gasteiger partial charge in [-0.25, -0.2) is 5.43 Å². The van der Waals surface area contributed by atoms with E-state index in [1.807, 2.05) is 25.2 Å². The van der Waals surface area contributed by atoms with Crippen LogP contribution in [0.2, 0.25) is 0 Å². The second-order valence-corrected chi connectivity index (χ2v) is 5.50. The zero-order chi connectivity index (χ0) is 15.4. The van der Waals surface area contributed by atoms with Crippen molar-refractivity contribution in [2.75, 3.05) is 26.9 Å². The molecule has 0 saturated carbocycles. The van der Waals surface area contributed by atoms with Crippen molar-refractivity contribution >= 4 is 5.91 Å². The van der Waals surface area contributed by atoms with Gasteiger partial charge in [0.25, 0.3) is 0 Å². The van der Waals surface area contributed by atoms with Crippen LogP contribution in [0.1, 0.15) is 24.3 Å². The highest BCUT2D eigenvalue weighted by molar-refractivity contribution is 5.76. The second-order valence-electron chi connectivity index (χ2n) is 5.50. The molecular weight excluding hydrogens is 284 g/mol. The Morgan fingerprint density at radius 1 is 1.36 bits per heavy atom. The number of nitrogens with one attached hydrogen (secondary N) is 4. The molecule has 7 nitrogen and oxygen atoms in total. The van der Waals surface area contributed by atoms with E-state index < -0.39 is 0 Å². The zero-order valence-corrected chi connectivity index (χ0v) is 12.6. The number of benzene rings is 1. The van der Waals surface area contributed by atoms with E-state index in [1.54, 1.807) is 0 Å². The molecule has 0 spiro atoms. The maximum absolute atomic E-state index is 12.0. The monoisotopic (exact) mass is 306 g/mol. The quantitative estimate of drug-likeness (QED) is 0.556. The largest absolute Gasteiger partial charge is 0.454 e. The van der Waals surface area contributed by atoms with E-state index in [0.29, 0.717) is 6.42 Å². The molecule has 1 aromatic rings. The SMILES string of the molecule is CNCCCC(=O)NC1NNCC1c1ccc2c(c1)OCO2. The highest BCUT2D eigenvalue weighted by Crippen LogP contribution is 2.35. The minimum absolute atomic E-state index is 0.0576. The average Bonchev–Trinajstić information content (AvgIpc) is 3.15. The molecule has 2 aliphatic heterocycles. The number of fused-ring (bicyclic) bond motifs is 1. The Bertz CT molecular complexity index is 538. The number of hydrogen-bond acceptors (Lipinski definition) is 6. The van der Waals surface area contributed by atoms with Gasteiger partial charge in [0.15, 0.2) is 11.5 Å². The molecule has 1 saturated heterocycles. The van der Waals surface area contributed by atoms with Crippen molar-refractivity contribution in [3.63, 3.8) is 0 Å². The molecule has 0 radical (unpaired) electrons. The predicted octanol–water partition coefficient (Wildman–Crippen LogP) is 0.0486. The van der Waals surface area contributed by atoms with Crippen molar-refractivity contribution in [3.8, 4) is 11.5 Å². The molecule has 0 aliphatic carbocycles. The summed E-state index contributed by atoms with van der Waals surface area (Å²) in [6, 6.07) is 5.93. The van der Waals surface area contributed by atoms with Crippen molar-refractivity contribution < 1.29 is 14.3 Å². The molecule has 7 heteroatoms. The fourth-order valence-electron chi connectivity index (χ4n) is 2.76. The lowest BCUT2D eigenvalue weighted by atomic mass is 9.96. The van der Waals surface area contributed by atoms with Crippen LogP contribution in [-0.4, -0.2) is 39.0 Å². The number of hydrogen-bond donors (Lipinski definition) is 4. The molecule has 3 rings (SSSR count). The highest BCUT2D eigenvalue weighted by Gasteiger charge is 2.30. The number of carbonyl (C=O) groups excluding carboxylic acids is 1. The molecule has 1 aromatic carbocycles. The summed E-state index contributed by atoms with van der Waals surface area (Å²) < 4.78 is 10.8. The molecule has 2 aliphatic rings. The first-order valence-electron chi connectivity index (χ1n) is 7.60. The first kappa shape index (κ1) is 15.1. The molecule has 120 valence electrons. The summed E-state index contributed by atoms with van der Waals surface area (Å²) in [4.78, 5) is 12.0. The summed E-state index contributed by atoms with van der Waals surface area (Å²) in [5.74, 6) is 1.75. The van der Waals surface area contributed by atoms with Gasteiger partial charge in [0, 0.05) is 18.9 Å². The smallest absolute Gasteiger partial charge is 0.231 e. The Labute approximate surface area is 129 Å². The summed E-state index contributed by atoms with van der Waals surface area (Å²) in [7, 11) is 1.88. The normalized spacial score (nSPS) is 22.8. The molecular formula is C15H22N4O3. The maximum Gasteiger partial charge on any atom is 0.231 e. The van der Waals surface area contributed by atoms with E-state index in [-0.39, 0.29) is 24.8 Å². The highest BCUT2D eigenvalue weighted by atomic mass is 16.7. The zero-order valence-electron chi connectivity index (χ0n) is 12.6. The molecule has 2 atom stereocenters. The van der Waals surface area contributed by atoms with Crippen molar-refractivity contribution in [2.45, 2.75) is 24.9 Å². The van der Waals surface area contributed by atoms with E-state index in [0.717, 1.165) is 36.6 Å². The standard InChI is InChI=1S/C15H22N4O3/c1-16-6-2-3-14(20)18-15-11(8-17-19-15)10-4-5-12-13(7-10)22-9-21-12/h4-5,7,11,15-17,19H,2-3,6,8-9H2,1H3,(H,18,20). The van der Waals surface area contributed by atoms with Crippen LogP contribution in [0.4, 0.5) is 0 Å². The summed E-state index contributed by atoms with van der Waals surface area (Å²) in [5.41, 5.74) is 7.35. The van der Waals surface area contributed by atoms with E-state index in [4.69, 9.17) is 9.47 Å². The van der Waals surface area contributed by atoms with Crippen LogP contribution in [0, 0.1) is 0 Å². The number of carbonyl (C=O) groups is 1. The summed E-state index contributed by atoms with van der Waals surface area (Å²) in [6.45, 7) is 1.86. The molecule has 4 N–H and O–H groups in total. The van der Waals surface area contributed by atoms with E-state index >= 15 is 0 Å². The third-order valence-electron chi connectivity index (χ3n) is 3.95. The molecule has 2 heterocycles. The lowest BCUT2D eigenvalue weighted by Crippen LogP contribution is -2.46. The van der Waals surface area contributed by atoms with Crippen LogP contribution in [0.15, 0.2) is 18.2 Å². The van der Waals surface area contributed by atoms with Crippen LogP contribution in [0.5, 0.6) is 11.5 Å². The summed E-state index contributed by atoms with van der Waals surface area (Å²) in [5, 5.41) is 6.08. The van der Waals surface area contributed by atoms with Gasteiger partial charge in [-0.3, -0.25) is 10.2 Å². The summed E-state index contributed by atoms with van der Waals surface area (Å²) in [6.07, 6.45) is 1.23. The van der Waals surface area contributed by atoms with Crippen molar-refractivity contribution in [3.05, 3.63) is 23.8 Å². The van der Waals surface area contributed by atoms with Crippen LogP contribution < -0.4 is 31.0 Å². The van der Waals surface area contributed by atoms with Crippen molar-refractivity contribution in [1.29, 1.82) is 0 Å². The van der Waals surface area contributed by atoms with Crippen LogP contribution in [0.25, 0.3) is 0 Å². The van der Waals surface area contributed by atoms with E-state index in [2.05, 4.69) is 21.5 Å². The Morgan fingerprint density at radius 2 is 2.23 bits per heavy atom. The first-order valence-corrected chi connectivity index (χ1v) is 7.60. The summed E-state index contributed by atoms with van der Waals surface area (Å²) >= 11 is 0. The molecule has 0 aromatic heterocycles. The van der Waals surface area contributed by atoms with Crippen LogP contribution >= 0.6 is 0 Å². The molecule has 1 amide bonds. The van der Waals surface area contributed by atoms with E-state index in [9.17, 15) is 4.79 Å². The van der Waals surface area contributed by atoms with Crippen LogP contribution in [-0.2, 0) is 4.79 Å². The van der Waals surface area contributed by atoms with Gasteiger partial charge in [0.05, 0.1) is 0 Å². The molecule has 1 fully saturated rings. The Hall–Kier alpha value is -1.83. The lowest BCUT2D eigenvalue weighted by molar-refractivity contribution is -0.122. The fraction of sp³-hybridized carbons (Fsp3) is 0.533. The van der Waals surface area contributed by atoms with Gasteiger partial charge < -0.3 is 20.1 Å². The van der Waals surface area contributed by atoms with Gasteiger partial charge in [-0.1, -0.05) is 6.07 Å². The fourth-order valence-corrected chi connectivity index (χ4v) is 2.76. The number of ether oxygens (including phenoxy) is 2. The Kier molecular flexibility index (Phi) is 4.77. The molecule has 22 heavy (non-hydrogen) atoms. The van der Waals surface area contributed by atoms with Gasteiger partial charge in [-0.15, -0.1) is 0 Å². The van der Waals surface area contributed by atoms with Crippen molar-refractivity contribution in [1.82, 2.24) is 21.5 Å². The Balaban J connectivity index is 1.62. The second kappa shape index (κ2) is 6.95. The lowest BCUT2D eigenvalue weighted by Gasteiger charge is -2.20. The first-order chi connectivity index (χ1) is 10.8. The minimum Gasteiger partial charge on any atom is -0.454 e. The van der Waals surface area contributed by atoms with Gasteiger partial charge in [-0.05, 0) is 37.7 Å². The third-order valence-corrected chi connectivity index (χ3v) is 3.95. The number of hydrazine groups is 1. The Morgan fingerprint density at radius 3 is 3.09 bits per heavy atom.